The van der Waals surface area contributed by atoms with Gasteiger partial charge in [-0.1, -0.05) is 41.7 Å². The van der Waals surface area contributed by atoms with Gasteiger partial charge in [0.05, 0.1) is 12.2 Å². The van der Waals surface area contributed by atoms with Crippen molar-refractivity contribution >= 4 is 38.5 Å². The van der Waals surface area contributed by atoms with Crippen LogP contribution in [0.1, 0.15) is 31.2 Å². The Bertz CT molecular complexity index is 1110. The molecule has 3 atom stereocenters. The quantitative estimate of drug-likeness (QED) is 0.640. The van der Waals surface area contributed by atoms with Gasteiger partial charge in [-0.15, -0.1) is 0 Å². The lowest BCUT2D eigenvalue weighted by Gasteiger charge is -2.32. The van der Waals surface area contributed by atoms with E-state index in [2.05, 4.69) is 25.1 Å². The summed E-state index contributed by atoms with van der Waals surface area (Å²) < 4.78 is 6.99. The fourth-order valence-electron chi connectivity index (χ4n) is 5.04. The van der Waals surface area contributed by atoms with Gasteiger partial charge in [-0.05, 0) is 31.2 Å². The number of carbonyl (C=O) groups is 1. The van der Waals surface area contributed by atoms with Gasteiger partial charge in [-0.3, -0.25) is 4.79 Å². The summed E-state index contributed by atoms with van der Waals surface area (Å²) in [5.74, 6) is 1.00. The van der Waals surface area contributed by atoms with Gasteiger partial charge in [0.25, 0.3) is 0 Å². The van der Waals surface area contributed by atoms with Crippen LogP contribution in [-0.4, -0.2) is 58.7 Å². The molecule has 6 rings (SSSR count). The highest BCUT2D eigenvalue weighted by Gasteiger charge is 2.36. The van der Waals surface area contributed by atoms with E-state index in [4.69, 9.17) is 9.72 Å². The molecule has 3 fully saturated rings. The summed E-state index contributed by atoms with van der Waals surface area (Å²) in [6.07, 6.45) is 6.25. The van der Waals surface area contributed by atoms with Crippen LogP contribution in [0.5, 0.6) is 0 Å². The van der Waals surface area contributed by atoms with Crippen molar-refractivity contribution in [3.63, 3.8) is 0 Å². The van der Waals surface area contributed by atoms with Crippen LogP contribution in [0.25, 0.3) is 10.3 Å². The first-order chi connectivity index (χ1) is 15.7. The topological polar surface area (TPSA) is 83.5 Å². The number of carbonyl (C=O) groups excluding carboxylic acids is 1. The monoisotopic (exact) mass is 450 g/mol. The molecule has 3 aliphatic heterocycles. The number of thiazole rings is 1. The summed E-state index contributed by atoms with van der Waals surface area (Å²) in [6.45, 7) is 3.10. The van der Waals surface area contributed by atoms with Crippen molar-refractivity contribution in [2.75, 3.05) is 29.4 Å². The van der Waals surface area contributed by atoms with E-state index < -0.39 is 0 Å². The molecule has 8 nitrogen and oxygen atoms in total. The van der Waals surface area contributed by atoms with E-state index in [1.807, 2.05) is 30.3 Å². The largest absolute Gasteiger partial charge is 0.371 e. The number of morpholine rings is 1. The minimum atomic E-state index is -0.199. The number of anilines is 2. The Morgan fingerprint density at radius 3 is 2.75 bits per heavy atom. The molecule has 0 radical (unpaired) electrons. The fourth-order valence-corrected chi connectivity index (χ4v) is 6.15. The molecule has 5 heterocycles. The molecule has 166 valence electrons. The van der Waals surface area contributed by atoms with Crippen molar-refractivity contribution in [2.45, 2.75) is 50.5 Å². The number of hydrogen-bond acceptors (Lipinski definition) is 8. The van der Waals surface area contributed by atoms with Crippen LogP contribution in [0.4, 0.5) is 10.9 Å². The zero-order chi connectivity index (χ0) is 21.5. The van der Waals surface area contributed by atoms with Gasteiger partial charge in [-0.25, -0.2) is 9.97 Å². The van der Waals surface area contributed by atoms with Crippen LogP contribution in [0.2, 0.25) is 0 Å². The molecule has 2 bridgehead atoms. The number of rotatable bonds is 5. The molecule has 1 aromatic carbocycles. The van der Waals surface area contributed by atoms with E-state index in [9.17, 15) is 4.79 Å². The summed E-state index contributed by atoms with van der Waals surface area (Å²) in [6, 6.07) is 9.81. The highest BCUT2D eigenvalue weighted by molar-refractivity contribution is 7.22. The highest BCUT2D eigenvalue weighted by atomic mass is 32.1. The predicted molar refractivity (Wildman–Crippen MR) is 124 cm³/mol. The first kappa shape index (κ1) is 19.9. The van der Waals surface area contributed by atoms with Crippen LogP contribution in [-0.2, 0) is 16.1 Å². The minimum absolute atomic E-state index is 0.0571. The summed E-state index contributed by atoms with van der Waals surface area (Å²) >= 11 is 1.60. The third-order valence-corrected chi connectivity index (χ3v) is 7.69. The van der Waals surface area contributed by atoms with Crippen LogP contribution in [0.3, 0.4) is 0 Å². The number of benzene rings is 1. The number of ether oxygens (including phenoxy) is 1. The second kappa shape index (κ2) is 8.29. The number of nitrogens with zero attached hydrogens (tertiary/aromatic N) is 5. The first-order valence-corrected chi connectivity index (χ1v) is 12.2. The standard InChI is InChI=1S/C23H26N6O2S/c30-22(24-11-15-5-2-1-3-6-15)18-7-4-10-29(18)23-27-20-19(32-23)21(26-14-25-20)28-12-16-8-9-17(13-28)31-16/h1-3,5-6,14,16-18H,4,7-13H2,(H,24,30)/t16?,17?,18-/m1/s1. The summed E-state index contributed by atoms with van der Waals surface area (Å²) in [7, 11) is 0. The maximum absolute atomic E-state index is 13.0. The van der Waals surface area contributed by atoms with Gasteiger partial charge in [0.15, 0.2) is 16.6 Å². The van der Waals surface area contributed by atoms with Crippen molar-refractivity contribution < 1.29 is 9.53 Å². The third kappa shape index (κ3) is 3.69. The van der Waals surface area contributed by atoms with Crippen LogP contribution in [0.15, 0.2) is 36.7 Å². The van der Waals surface area contributed by atoms with E-state index in [1.165, 1.54) is 0 Å². The van der Waals surface area contributed by atoms with Crippen molar-refractivity contribution in [1.29, 1.82) is 0 Å². The van der Waals surface area contributed by atoms with Gasteiger partial charge >= 0.3 is 0 Å². The van der Waals surface area contributed by atoms with E-state index in [-0.39, 0.29) is 11.9 Å². The molecule has 9 heteroatoms. The molecule has 0 spiro atoms. The van der Waals surface area contributed by atoms with E-state index in [0.29, 0.717) is 24.4 Å². The van der Waals surface area contributed by atoms with Crippen LogP contribution >= 0.6 is 11.3 Å². The lowest BCUT2D eigenvalue weighted by atomic mass is 10.2. The Hall–Kier alpha value is -2.78. The summed E-state index contributed by atoms with van der Waals surface area (Å²) in [5, 5.41) is 3.96. The lowest BCUT2D eigenvalue weighted by Crippen LogP contribution is -2.43. The number of fused-ring (bicyclic) bond motifs is 3. The second-order valence-corrected chi connectivity index (χ2v) is 9.74. The first-order valence-electron chi connectivity index (χ1n) is 11.3. The molecule has 2 unspecified atom stereocenters. The number of nitrogens with one attached hydrogen (secondary N) is 1. The molecule has 3 aromatic rings. The molecular formula is C23H26N6O2S. The molecule has 1 N–H and O–H groups in total. The molecule has 0 aliphatic carbocycles. The SMILES string of the molecule is O=C(NCc1ccccc1)[C@H]1CCCN1c1nc2ncnc(N3CC4CCC(C3)O4)c2s1. The van der Waals surface area contributed by atoms with Gasteiger partial charge in [0, 0.05) is 26.2 Å². The fraction of sp³-hybridized carbons (Fsp3) is 0.478. The molecule has 2 aromatic heterocycles. The van der Waals surface area contributed by atoms with E-state index in [0.717, 1.165) is 66.5 Å². The van der Waals surface area contributed by atoms with Gasteiger partial charge in [0.1, 0.15) is 17.1 Å². The third-order valence-electron chi connectivity index (χ3n) is 6.61. The summed E-state index contributed by atoms with van der Waals surface area (Å²) in [5.41, 5.74) is 1.81. The normalized spacial score (nSPS) is 24.9. The Kier molecular flexibility index (Phi) is 5.15. The minimum Gasteiger partial charge on any atom is -0.371 e. The Morgan fingerprint density at radius 1 is 1.12 bits per heavy atom. The van der Waals surface area contributed by atoms with Crippen LogP contribution in [0, 0.1) is 0 Å². The van der Waals surface area contributed by atoms with E-state index >= 15 is 0 Å². The van der Waals surface area contributed by atoms with Gasteiger partial charge < -0.3 is 19.9 Å². The molecule has 32 heavy (non-hydrogen) atoms. The molecule has 3 aliphatic rings. The molecule has 3 saturated heterocycles. The Balaban J connectivity index is 1.22. The average molecular weight is 451 g/mol. The summed E-state index contributed by atoms with van der Waals surface area (Å²) in [4.78, 5) is 31.3. The zero-order valence-electron chi connectivity index (χ0n) is 17.8. The Morgan fingerprint density at radius 2 is 1.94 bits per heavy atom. The predicted octanol–water partition coefficient (Wildman–Crippen LogP) is 2.74. The second-order valence-electron chi connectivity index (χ2n) is 8.76. The molecule has 0 saturated carbocycles. The van der Waals surface area contributed by atoms with Crippen molar-refractivity contribution in [3.05, 3.63) is 42.2 Å². The average Bonchev–Trinajstić information content (AvgIpc) is 3.55. The smallest absolute Gasteiger partial charge is 0.243 e. The maximum Gasteiger partial charge on any atom is 0.243 e. The number of aromatic nitrogens is 3. The number of hydrogen-bond donors (Lipinski definition) is 1. The van der Waals surface area contributed by atoms with Gasteiger partial charge in [-0.2, -0.15) is 4.98 Å². The van der Waals surface area contributed by atoms with Crippen molar-refractivity contribution in [2.24, 2.45) is 0 Å². The van der Waals surface area contributed by atoms with Gasteiger partial charge in [0.2, 0.25) is 5.91 Å². The van der Waals surface area contributed by atoms with Crippen molar-refractivity contribution in [3.8, 4) is 0 Å². The molecular weight excluding hydrogens is 424 g/mol. The van der Waals surface area contributed by atoms with Crippen molar-refractivity contribution in [1.82, 2.24) is 20.3 Å². The highest BCUT2D eigenvalue weighted by Crippen LogP contribution is 2.38. The van der Waals surface area contributed by atoms with E-state index in [1.54, 1.807) is 17.7 Å². The zero-order valence-corrected chi connectivity index (χ0v) is 18.6. The lowest BCUT2D eigenvalue weighted by molar-refractivity contribution is -0.122. The van der Waals surface area contributed by atoms with Crippen LogP contribution < -0.4 is 15.1 Å². The molecule has 1 amide bonds. The maximum atomic E-state index is 13.0. The number of amides is 1. The Labute approximate surface area is 190 Å².